The fourth-order valence-corrected chi connectivity index (χ4v) is 2.11. The second-order valence-electron chi connectivity index (χ2n) is 3.80. The van der Waals surface area contributed by atoms with E-state index in [9.17, 15) is 4.79 Å². The summed E-state index contributed by atoms with van der Waals surface area (Å²) in [4.78, 5) is 10.9. The van der Waals surface area contributed by atoms with Crippen molar-refractivity contribution >= 4 is 5.97 Å². The topological polar surface area (TPSA) is 49.3 Å². The van der Waals surface area contributed by atoms with Crippen LogP contribution in [-0.2, 0) is 4.79 Å². The van der Waals surface area contributed by atoms with Gasteiger partial charge in [0.2, 0.25) is 0 Å². The number of nitrogens with one attached hydrogen (secondary N) is 1. The average Bonchev–Trinajstić information content (AvgIpc) is 2.15. The van der Waals surface area contributed by atoms with E-state index in [0.29, 0.717) is 5.92 Å². The molecule has 1 aliphatic rings. The lowest BCUT2D eigenvalue weighted by molar-refractivity contribution is -0.144. The SMILES string of the molecule is CCNCC1CCCCC1C(=O)O. The van der Waals surface area contributed by atoms with Crippen molar-refractivity contribution in [2.24, 2.45) is 11.8 Å². The van der Waals surface area contributed by atoms with E-state index in [-0.39, 0.29) is 5.92 Å². The summed E-state index contributed by atoms with van der Waals surface area (Å²) in [5.74, 6) is -0.360. The molecule has 1 fully saturated rings. The first-order valence-corrected chi connectivity index (χ1v) is 5.19. The first kappa shape index (κ1) is 10.5. The fraction of sp³-hybridized carbons (Fsp3) is 0.900. The molecule has 0 spiro atoms. The van der Waals surface area contributed by atoms with Gasteiger partial charge in [-0.1, -0.05) is 19.8 Å². The highest BCUT2D eigenvalue weighted by Crippen LogP contribution is 2.29. The number of hydrogen-bond acceptors (Lipinski definition) is 2. The van der Waals surface area contributed by atoms with Gasteiger partial charge >= 0.3 is 5.97 Å². The van der Waals surface area contributed by atoms with E-state index in [1.54, 1.807) is 0 Å². The molecule has 2 unspecified atom stereocenters. The van der Waals surface area contributed by atoms with Crippen LogP contribution in [-0.4, -0.2) is 24.2 Å². The lowest BCUT2D eigenvalue weighted by Gasteiger charge is -2.28. The van der Waals surface area contributed by atoms with E-state index >= 15 is 0 Å². The smallest absolute Gasteiger partial charge is 0.306 e. The number of carbonyl (C=O) groups is 1. The van der Waals surface area contributed by atoms with Gasteiger partial charge in [0.15, 0.2) is 0 Å². The highest BCUT2D eigenvalue weighted by Gasteiger charge is 2.29. The maximum absolute atomic E-state index is 10.9. The van der Waals surface area contributed by atoms with Gasteiger partial charge in [0.1, 0.15) is 0 Å². The molecule has 1 aliphatic carbocycles. The van der Waals surface area contributed by atoms with Crippen LogP contribution in [0.4, 0.5) is 0 Å². The minimum Gasteiger partial charge on any atom is -0.481 e. The Morgan fingerprint density at radius 2 is 2.15 bits per heavy atom. The molecule has 0 aliphatic heterocycles. The van der Waals surface area contributed by atoms with Crippen LogP contribution in [0.15, 0.2) is 0 Å². The molecule has 76 valence electrons. The summed E-state index contributed by atoms with van der Waals surface area (Å²) in [6.07, 6.45) is 4.22. The first-order chi connectivity index (χ1) is 6.25. The van der Waals surface area contributed by atoms with Crippen LogP contribution in [0.25, 0.3) is 0 Å². The molecule has 0 aromatic carbocycles. The van der Waals surface area contributed by atoms with E-state index in [1.807, 2.05) is 0 Å². The van der Waals surface area contributed by atoms with Crippen molar-refractivity contribution in [3.05, 3.63) is 0 Å². The molecule has 1 rings (SSSR count). The lowest BCUT2D eigenvalue weighted by atomic mass is 9.79. The minimum absolute atomic E-state index is 0.104. The minimum atomic E-state index is -0.609. The molecule has 0 aromatic rings. The molecule has 3 heteroatoms. The normalized spacial score (nSPS) is 28.7. The van der Waals surface area contributed by atoms with E-state index < -0.39 is 5.97 Å². The molecular formula is C10H19NO2. The van der Waals surface area contributed by atoms with Crippen LogP contribution in [0.1, 0.15) is 32.6 Å². The van der Waals surface area contributed by atoms with Crippen molar-refractivity contribution in [2.75, 3.05) is 13.1 Å². The third-order valence-electron chi connectivity index (χ3n) is 2.88. The molecule has 13 heavy (non-hydrogen) atoms. The van der Waals surface area contributed by atoms with Gasteiger partial charge in [-0.25, -0.2) is 0 Å². The Morgan fingerprint density at radius 3 is 2.77 bits per heavy atom. The van der Waals surface area contributed by atoms with Gasteiger partial charge in [-0.15, -0.1) is 0 Å². The molecule has 2 atom stereocenters. The fourth-order valence-electron chi connectivity index (χ4n) is 2.11. The molecule has 0 saturated heterocycles. The Morgan fingerprint density at radius 1 is 1.46 bits per heavy atom. The van der Waals surface area contributed by atoms with Crippen LogP contribution >= 0.6 is 0 Å². The van der Waals surface area contributed by atoms with Crippen LogP contribution in [0.5, 0.6) is 0 Å². The summed E-state index contributed by atoms with van der Waals surface area (Å²) >= 11 is 0. The molecule has 1 saturated carbocycles. The zero-order valence-electron chi connectivity index (χ0n) is 8.25. The second-order valence-corrected chi connectivity index (χ2v) is 3.80. The Balaban J connectivity index is 2.41. The quantitative estimate of drug-likeness (QED) is 0.697. The van der Waals surface area contributed by atoms with E-state index in [2.05, 4.69) is 12.2 Å². The number of rotatable bonds is 4. The van der Waals surface area contributed by atoms with Crippen LogP contribution < -0.4 is 5.32 Å². The highest BCUT2D eigenvalue weighted by atomic mass is 16.4. The number of carboxylic acids is 1. The van der Waals surface area contributed by atoms with Crippen molar-refractivity contribution in [1.29, 1.82) is 0 Å². The molecule has 2 N–H and O–H groups in total. The molecule has 0 bridgehead atoms. The molecule has 0 aromatic heterocycles. The van der Waals surface area contributed by atoms with Crippen LogP contribution in [0, 0.1) is 11.8 Å². The van der Waals surface area contributed by atoms with Gasteiger partial charge in [-0.2, -0.15) is 0 Å². The highest BCUT2D eigenvalue weighted by molar-refractivity contribution is 5.70. The van der Waals surface area contributed by atoms with Crippen molar-refractivity contribution < 1.29 is 9.90 Å². The zero-order valence-corrected chi connectivity index (χ0v) is 8.25. The monoisotopic (exact) mass is 185 g/mol. The van der Waals surface area contributed by atoms with Crippen LogP contribution in [0.3, 0.4) is 0 Å². The van der Waals surface area contributed by atoms with E-state index in [4.69, 9.17) is 5.11 Å². The van der Waals surface area contributed by atoms with Crippen LogP contribution in [0.2, 0.25) is 0 Å². The van der Waals surface area contributed by atoms with Crippen molar-refractivity contribution in [3.8, 4) is 0 Å². The Bertz CT molecular complexity index is 170. The Hall–Kier alpha value is -0.570. The Labute approximate surface area is 79.5 Å². The predicted molar refractivity (Wildman–Crippen MR) is 51.6 cm³/mol. The van der Waals surface area contributed by atoms with E-state index in [0.717, 1.165) is 32.4 Å². The lowest BCUT2D eigenvalue weighted by Crippen LogP contribution is -2.34. The largest absolute Gasteiger partial charge is 0.481 e. The molecule has 0 heterocycles. The van der Waals surface area contributed by atoms with Crippen molar-refractivity contribution in [2.45, 2.75) is 32.6 Å². The summed E-state index contributed by atoms with van der Waals surface area (Å²) in [6, 6.07) is 0. The number of carboxylic acid groups (broad SMARTS) is 1. The maximum atomic E-state index is 10.9. The number of aliphatic carboxylic acids is 1. The van der Waals surface area contributed by atoms with Crippen molar-refractivity contribution in [1.82, 2.24) is 5.32 Å². The molecule has 0 radical (unpaired) electrons. The summed E-state index contributed by atoms with van der Waals surface area (Å²) < 4.78 is 0. The Kier molecular flexibility index (Phi) is 4.22. The molecule has 0 amide bonds. The summed E-state index contributed by atoms with van der Waals surface area (Å²) in [5.41, 5.74) is 0. The third kappa shape index (κ3) is 2.99. The van der Waals surface area contributed by atoms with E-state index in [1.165, 1.54) is 6.42 Å². The summed E-state index contributed by atoms with van der Waals surface area (Å²) in [6.45, 7) is 3.86. The third-order valence-corrected chi connectivity index (χ3v) is 2.88. The maximum Gasteiger partial charge on any atom is 0.306 e. The van der Waals surface area contributed by atoms with Gasteiger partial charge in [0.05, 0.1) is 5.92 Å². The summed E-state index contributed by atoms with van der Waals surface area (Å²) in [5, 5.41) is 12.2. The average molecular weight is 185 g/mol. The van der Waals surface area contributed by atoms with Crippen molar-refractivity contribution in [3.63, 3.8) is 0 Å². The predicted octanol–water partition coefficient (Wildman–Crippen LogP) is 1.49. The van der Waals surface area contributed by atoms with Gasteiger partial charge in [0, 0.05) is 0 Å². The number of hydrogen-bond donors (Lipinski definition) is 2. The van der Waals surface area contributed by atoms with Gasteiger partial charge < -0.3 is 10.4 Å². The van der Waals surface area contributed by atoms with Gasteiger partial charge in [0.25, 0.3) is 0 Å². The first-order valence-electron chi connectivity index (χ1n) is 5.19. The second kappa shape index (κ2) is 5.22. The molecule has 3 nitrogen and oxygen atoms in total. The zero-order chi connectivity index (χ0) is 9.68. The summed E-state index contributed by atoms with van der Waals surface area (Å²) in [7, 11) is 0. The standard InChI is InChI=1S/C10H19NO2/c1-2-11-7-8-5-3-4-6-9(8)10(12)13/h8-9,11H,2-7H2,1H3,(H,12,13). The molecular weight excluding hydrogens is 166 g/mol. The van der Waals surface area contributed by atoms with Gasteiger partial charge in [-0.05, 0) is 31.8 Å². The van der Waals surface area contributed by atoms with Gasteiger partial charge in [-0.3, -0.25) is 4.79 Å².